The monoisotopic (exact) mass is 411 g/mol. The molecule has 154 valence electrons. The highest BCUT2D eigenvalue weighted by Crippen LogP contribution is 2.37. The zero-order valence-corrected chi connectivity index (χ0v) is 17.3. The van der Waals surface area contributed by atoms with Crippen LogP contribution in [0, 0.1) is 6.92 Å². The van der Waals surface area contributed by atoms with Crippen LogP contribution in [0.5, 0.6) is 0 Å². The Labute approximate surface area is 178 Å². The lowest BCUT2D eigenvalue weighted by molar-refractivity contribution is -0.130. The summed E-state index contributed by atoms with van der Waals surface area (Å²) in [6.45, 7) is 3.46. The molecule has 0 saturated carbocycles. The van der Waals surface area contributed by atoms with E-state index in [9.17, 15) is 9.59 Å². The van der Waals surface area contributed by atoms with Crippen molar-refractivity contribution < 1.29 is 9.21 Å². The summed E-state index contributed by atoms with van der Waals surface area (Å²) < 4.78 is 5.56. The number of furan rings is 1. The molecule has 1 atom stereocenters. The molecule has 2 aromatic heterocycles. The molecule has 5 rings (SSSR count). The van der Waals surface area contributed by atoms with Crippen LogP contribution in [-0.4, -0.2) is 21.6 Å². The van der Waals surface area contributed by atoms with Crippen molar-refractivity contribution in [3.8, 4) is 11.1 Å². The fraction of sp³-hybridized carbons (Fsp3) is 0.160. The average Bonchev–Trinajstić information content (AvgIpc) is 3.43. The molecule has 1 aliphatic heterocycles. The minimum atomic E-state index is -0.376. The number of H-pyrrole nitrogens is 1. The molecule has 1 N–H and O–H groups in total. The molecule has 31 heavy (non-hydrogen) atoms. The number of rotatable bonds is 3. The van der Waals surface area contributed by atoms with E-state index in [1.54, 1.807) is 12.3 Å². The van der Waals surface area contributed by atoms with Crippen molar-refractivity contribution >= 4 is 22.5 Å². The highest BCUT2D eigenvalue weighted by Gasteiger charge is 2.35. The van der Waals surface area contributed by atoms with Crippen molar-refractivity contribution in [2.75, 3.05) is 0 Å². The number of nitrogens with zero attached hydrogens (tertiary/aromatic N) is 2. The van der Waals surface area contributed by atoms with Crippen LogP contribution in [0.3, 0.4) is 0 Å². The number of pyridine rings is 1. The molecule has 1 aliphatic rings. The molecule has 0 saturated heterocycles. The van der Waals surface area contributed by atoms with Crippen molar-refractivity contribution in [3.05, 3.63) is 94.2 Å². The number of amides is 1. The Hall–Kier alpha value is -3.93. The molecule has 1 amide bonds. The van der Waals surface area contributed by atoms with Gasteiger partial charge in [-0.1, -0.05) is 42.5 Å². The predicted molar refractivity (Wildman–Crippen MR) is 120 cm³/mol. The summed E-state index contributed by atoms with van der Waals surface area (Å²) in [5, 5.41) is 6.93. The fourth-order valence-corrected chi connectivity index (χ4v) is 4.25. The van der Waals surface area contributed by atoms with E-state index in [4.69, 9.17) is 4.42 Å². The van der Waals surface area contributed by atoms with Gasteiger partial charge in [-0.3, -0.25) is 9.59 Å². The number of hydrazone groups is 1. The zero-order valence-electron chi connectivity index (χ0n) is 17.3. The van der Waals surface area contributed by atoms with Crippen molar-refractivity contribution in [2.45, 2.75) is 26.3 Å². The van der Waals surface area contributed by atoms with Gasteiger partial charge in [0.05, 0.1) is 17.5 Å². The first-order valence-corrected chi connectivity index (χ1v) is 10.2. The Kier molecular flexibility index (Phi) is 4.55. The number of aromatic amines is 1. The fourth-order valence-electron chi connectivity index (χ4n) is 4.25. The van der Waals surface area contributed by atoms with Crippen LogP contribution < -0.4 is 5.56 Å². The zero-order chi connectivity index (χ0) is 21.5. The molecule has 0 bridgehead atoms. The number of benzene rings is 2. The second kappa shape index (κ2) is 7.40. The van der Waals surface area contributed by atoms with Crippen LogP contribution in [0.4, 0.5) is 0 Å². The van der Waals surface area contributed by atoms with Crippen molar-refractivity contribution in [1.29, 1.82) is 0 Å². The first-order valence-electron chi connectivity index (χ1n) is 10.2. The molecule has 0 aliphatic carbocycles. The van der Waals surface area contributed by atoms with E-state index >= 15 is 0 Å². The van der Waals surface area contributed by atoms with Crippen LogP contribution in [0.1, 0.15) is 36.3 Å². The van der Waals surface area contributed by atoms with E-state index in [1.807, 2.05) is 61.5 Å². The molecular formula is C25H21N3O3. The van der Waals surface area contributed by atoms with E-state index in [2.05, 4.69) is 10.1 Å². The Morgan fingerprint density at radius 2 is 1.90 bits per heavy atom. The van der Waals surface area contributed by atoms with Crippen molar-refractivity contribution in [1.82, 2.24) is 9.99 Å². The number of hydrogen-bond donors (Lipinski definition) is 1. The van der Waals surface area contributed by atoms with E-state index in [1.165, 1.54) is 11.9 Å². The molecule has 6 heteroatoms. The maximum Gasteiger partial charge on any atom is 0.258 e. The summed E-state index contributed by atoms with van der Waals surface area (Å²) in [4.78, 5) is 28.7. The Bertz CT molecular complexity index is 1370. The van der Waals surface area contributed by atoms with E-state index < -0.39 is 0 Å². The van der Waals surface area contributed by atoms with Crippen molar-refractivity contribution in [3.63, 3.8) is 0 Å². The van der Waals surface area contributed by atoms with E-state index in [-0.39, 0.29) is 17.5 Å². The van der Waals surface area contributed by atoms with Gasteiger partial charge in [0.15, 0.2) is 0 Å². The number of aryl methyl sites for hydroxylation is 1. The van der Waals surface area contributed by atoms with E-state index in [0.717, 1.165) is 27.6 Å². The van der Waals surface area contributed by atoms with Crippen LogP contribution in [0.15, 0.2) is 81.2 Å². The van der Waals surface area contributed by atoms with Gasteiger partial charge in [0.2, 0.25) is 5.91 Å². The molecule has 3 heterocycles. The van der Waals surface area contributed by atoms with Gasteiger partial charge in [-0.15, -0.1) is 0 Å². The first-order chi connectivity index (χ1) is 15.0. The standard InChI is InChI=1S/C25H21N3O3/c1-15-10-11-18-19(13-15)26-25(30)24(23(18)17-7-4-3-5-8-17)20-14-21(22-9-6-12-31-22)28(27-20)16(2)29/h3-13,21H,14H2,1-2H3,(H,26,30). The maximum absolute atomic E-state index is 13.3. The average molecular weight is 411 g/mol. The molecule has 1 unspecified atom stereocenters. The van der Waals surface area contributed by atoms with Crippen LogP contribution in [0.2, 0.25) is 0 Å². The van der Waals surface area contributed by atoms with Gasteiger partial charge in [0, 0.05) is 29.8 Å². The molecular weight excluding hydrogens is 390 g/mol. The normalized spacial score (nSPS) is 16.0. The summed E-state index contributed by atoms with van der Waals surface area (Å²) in [6, 6.07) is 19.1. The summed E-state index contributed by atoms with van der Waals surface area (Å²) in [6.07, 6.45) is 1.97. The quantitative estimate of drug-likeness (QED) is 0.526. The summed E-state index contributed by atoms with van der Waals surface area (Å²) in [5.74, 6) is 0.438. The number of nitrogens with one attached hydrogen (secondary N) is 1. The molecule has 0 fully saturated rings. The maximum atomic E-state index is 13.3. The molecule has 4 aromatic rings. The molecule has 2 aromatic carbocycles. The second-order valence-corrected chi connectivity index (χ2v) is 7.76. The topological polar surface area (TPSA) is 78.7 Å². The number of carbonyl (C=O) groups excluding carboxylic acids is 1. The minimum Gasteiger partial charge on any atom is -0.467 e. The van der Waals surface area contributed by atoms with Crippen LogP contribution >= 0.6 is 0 Å². The van der Waals surface area contributed by atoms with Gasteiger partial charge in [-0.05, 0) is 36.2 Å². The number of hydrogen-bond acceptors (Lipinski definition) is 4. The Morgan fingerprint density at radius 3 is 2.61 bits per heavy atom. The SMILES string of the molecule is CC(=O)N1N=C(c2c(-c3ccccc3)c3ccc(C)cc3[nH]c2=O)CC1c1ccco1. The number of aromatic nitrogens is 1. The predicted octanol–water partition coefficient (Wildman–Crippen LogP) is 4.79. The Morgan fingerprint density at radius 1 is 1.10 bits per heavy atom. The largest absolute Gasteiger partial charge is 0.467 e. The second-order valence-electron chi connectivity index (χ2n) is 7.76. The summed E-state index contributed by atoms with van der Waals surface area (Å²) in [5.41, 5.74) is 4.42. The van der Waals surface area contributed by atoms with Gasteiger partial charge < -0.3 is 9.40 Å². The third kappa shape index (κ3) is 3.26. The van der Waals surface area contributed by atoms with Gasteiger partial charge in [0.1, 0.15) is 11.8 Å². The Balaban J connectivity index is 1.76. The highest BCUT2D eigenvalue weighted by atomic mass is 16.3. The van der Waals surface area contributed by atoms with Gasteiger partial charge in [-0.2, -0.15) is 5.10 Å². The summed E-state index contributed by atoms with van der Waals surface area (Å²) >= 11 is 0. The number of fused-ring (bicyclic) bond motifs is 1. The lowest BCUT2D eigenvalue weighted by Gasteiger charge is -2.17. The lowest BCUT2D eigenvalue weighted by Crippen LogP contribution is -2.23. The van der Waals surface area contributed by atoms with Gasteiger partial charge in [-0.25, -0.2) is 5.01 Å². The van der Waals surface area contributed by atoms with Crippen molar-refractivity contribution in [2.24, 2.45) is 5.10 Å². The highest BCUT2D eigenvalue weighted by molar-refractivity contribution is 6.12. The van der Waals surface area contributed by atoms with Crippen LogP contribution in [-0.2, 0) is 4.79 Å². The van der Waals surface area contributed by atoms with Gasteiger partial charge >= 0.3 is 0 Å². The van der Waals surface area contributed by atoms with Gasteiger partial charge in [0.25, 0.3) is 5.56 Å². The molecule has 0 spiro atoms. The first kappa shape index (κ1) is 19.1. The van der Waals surface area contributed by atoms with E-state index in [0.29, 0.717) is 23.5 Å². The third-order valence-corrected chi connectivity index (χ3v) is 5.63. The lowest BCUT2D eigenvalue weighted by atomic mass is 9.91. The minimum absolute atomic E-state index is 0.203. The summed E-state index contributed by atoms with van der Waals surface area (Å²) in [7, 11) is 0. The van der Waals surface area contributed by atoms with Crippen LogP contribution in [0.25, 0.3) is 22.0 Å². The molecule has 0 radical (unpaired) electrons. The number of carbonyl (C=O) groups is 1. The molecule has 6 nitrogen and oxygen atoms in total. The third-order valence-electron chi connectivity index (χ3n) is 5.63. The smallest absolute Gasteiger partial charge is 0.258 e.